The van der Waals surface area contributed by atoms with Crippen molar-refractivity contribution >= 4 is 34.8 Å². The molecule has 26 heavy (non-hydrogen) atoms. The highest BCUT2D eigenvalue weighted by Crippen LogP contribution is 2.33. The largest absolute Gasteiger partial charge is 0.378 e. The highest BCUT2D eigenvalue weighted by atomic mass is 35.5. The van der Waals surface area contributed by atoms with Crippen molar-refractivity contribution in [2.75, 3.05) is 19.0 Å². The predicted molar refractivity (Wildman–Crippen MR) is 106 cm³/mol. The van der Waals surface area contributed by atoms with Gasteiger partial charge in [-0.1, -0.05) is 23.4 Å². The number of hydrogen-bond donors (Lipinski definition) is 0. The fourth-order valence-electron chi connectivity index (χ4n) is 2.46. The number of hydrogen-bond acceptors (Lipinski definition) is 3. The van der Waals surface area contributed by atoms with Gasteiger partial charge in [0.2, 0.25) is 0 Å². The maximum atomic E-state index is 13.8. The van der Waals surface area contributed by atoms with E-state index >= 15 is 0 Å². The molecule has 3 aromatic rings. The molecule has 0 fully saturated rings. The standard InChI is InChI=1S/C21H17ClFNOS/c1-24(2)17-8-3-14(4-9-17)21(25)19-12-7-16(23)13-20(19)26-18-10-5-15(22)6-11-18/h3-13H,1-2H3. The first kappa shape index (κ1) is 18.5. The molecule has 0 aliphatic heterocycles. The Morgan fingerprint density at radius 3 is 2.23 bits per heavy atom. The zero-order valence-corrected chi connectivity index (χ0v) is 15.9. The predicted octanol–water partition coefficient (Wildman–Crippen LogP) is 5.93. The molecular formula is C21H17ClFNOS. The number of rotatable bonds is 5. The first-order valence-corrected chi connectivity index (χ1v) is 9.18. The lowest BCUT2D eigenvalue weighted by atomic mass is 10.0. The first-order chi connectivity index (χ1) is 12.4. The summed E-state index contributed by atoms with van der Waals surface area (Å²) in [5, 5.41) is 0.630. The summed E-state index contributed by atoms with van der Waals surface area (Å²) in [5.74, 6) is -0.507. The number of anilines is 1. The molecule has 0 atom stereocenters. The van der Waals surface area contributed by atoms with E-state index in [-0.39, 0.29) is 11.6 Å². The summed E-state index contributed by atoms with van der Waals surface area (Å²) in [6.07, 6.45) is 0. The van der Waals surface area contributed by atoms with Gasteiger partial charge in [0.05, 0.1) is 0 Å². The van der Waals surface area contributed by atoms with Crippen LogP contribution in [0.3, 0.4) is 0 Å². The topological polar surface area (TPSA) is 20.3 Å². The number of nitrogens with zero attached hydrogens (tertiary/aromatic N) is 1. The summed E-state index contributed by atoms with van der Waals surface area (Å²) in [7, 11) is 3.88. The lowest BCUT2D eigenvalue weighted by Gasteiger charge is -2.13. The minimum Gasteiger partial charge on any atom is -0.378 e. The molecule has 0 spiro atoms. The molecule has 0 unspecified atom stereocenters. The summed E-state index contributed by atoms with van der Waals surface area (Å²) in [5.41, 5.74) is 2.06. The summed E-state index contributed by atoms with van der Waals surface area (Å²) in [4.78, 5) is 16.4. The first-order valence-electron chi connectivity index (χ1n) is 7.99. The molecule has 0 N–H and O–H groups in total. The molecule has 0 amide bonds. The van der Waals surface area contributed by atoms with Crippen LogP contribution in [0.25, 0.3) is 0 Å². The molecule has 0 aliphatic carbocycles. The molecule has 3 rings (SSSR count). The van der Waals surface area contributed by atoms with Crippen molar-refractivity contribution in [3.05, 3.63) is 88.7 Å². The van der Waals surface area contributed by atoms with Gasteiger partial charge in [0, 0.05) is 45.7 Å². The van der Waals surface area contributed by atoms with E-state index in [0.29, 0.717) is 21.0 Å². The van der Waals surface area contributed by atoms with Crippen molar-refractivity contribution in [3.63, 3.8) is 0 Å². The van der Waals surface area contributed by atoms with Gasteiger partial charge in [0.15, 0.2) is 5.78 Å². The van der Waals surface area contributed by atoms with E-state index in [4.69, 9.17) is 11.6 Å². The van der Waals surface area contributed by atoms with E-state index in [0.717, 1.165) is 10.6 Å². The SMILES string of the molecule is CN(C)c1ccc(C(=O)c2ccc(F)cc2Sc2ccc(Cl)cc2)cc1. The number of halogens is 2. The van der Waals surface area contributed by atoms with Crippen molar-refractivity contribution in [1.29, 1.82) is 0 Å². The molecule has 0 saturated carbocycles. The Morgan fingerprint density at radius 2 is 1.62 bits per heavy atom. The van der Waals surface area contributed by atoms with E-state index in [1.165, 1.54) is 30.0 Å². The van der Waals surface area contributed by atoms with Gasteiger partial charge < -0.3 is 4.90 Å². The average molecular weight is 386 g/mol. The molecular weight excluding hydrogens is 369 g/mol. The number of carbonyl (C=O) groups is 1. The Hall–Kier alpha value is -2.30. The Balaban J connectivity index is 1.93. The lowest BCUT2D eigenvalue weighted by Crippen LogP contribution is -2.09. The second-order valence-electron chi connectivity index (χ2n) is 5.97. The van der Waals surface area contributed by atoms with Gasteiger partial charge in [0.25, 0.3) is 0 Å². The Labute approximate surface area is 161 Å². The van der Waals surface area contributed by atoms with E-state index in [1.807, 2.05) is 43.3 Å². The van der Waals surface area contributed by atoms with Crippen molar-refractivity contribution in [2.45, 2.75) is 9.79 Å². The third kappa shape index (κ3) is 4.26. The van der Waals surface area contributed by atoms with Gasteiger partial charge >= 0.3 is 0 Å². The third-order valence-corrected chi connectivity index (χ3v) is 5.19. The van der Waals surface area contributed by atoms with Crippen molar-refractivity contribution in [3.8, 4) is 0 Å². The maximum absolute atomic E-state index is 13.8. The quantitative estimate of drug-likeness (QED) is 0.508. The van der Waals surface area contributed by atoms with Gasteiger partial charge in [-0.3, -0.25) is 4.79 Å². The molecule has 0 heterocycles. The van der Waals surface area contributed by atoms with Crippen molar-refractivity contribution in [2.24, 2.45) is 0 Å². The smallest absolute Gasteiger partial charge is 0.194 e. The highest BCUT2D eigenvalue weighted by Gasteiger charge is 2.16. The molecule has 2 nitrogen and oxygen atoms in total. The van der Waals surface area contributed by atoms with Crippen LogP contribution in [0, 0.1) is 5.82 Å². The van der Waals surface area contributed by atoms with Crippen LogP contribution in [0.15, 0.2) is 76.5 Å². The second-order valence-corrected chi connectivity index (χ2v) is 7.52. The average Bonchev–Trinajstić information content (AvgIpc) is 2.63. The van der Waals surface area contributed by atoms with E-state index in [2.05, 4.69) is 0 Å². The van der Waals surface area contributed by atoms with Crippen LogP contribution in [0.1, 0.15) is 15.9 Å². The number of benzene rings is 3. The van der Waals surface area contributed by atoms with Gasteiger partial charge in [-0.05, 0) is 66.7 Å². The lowest BCUT2D eigenvalue weighted by molar-refractivity contribution is 0.103. The monoisotopic (exact) mass is 385 g/mol. The third-order valence-electron chi connectivity index (χ3n) is 3.88. The molecule has 0 aliphatic rings. The minimum atomic E-state index is -0.374. The highest BCUT2D eigenvalue weighted by molar-refractivity contribution is 7.99. The minimum absolute atomic E-state index is 0.133. The number of ketones is 1. The van der Waals surface area contributed by atoms with Crippen LogP contribution in [-0.4, -0.2) is 19.9 Å². The van der Waals surface area contributed by atoms with Crippen LogP contribution in [0.2, 0.25) is 5.02 Å². The van der Waals surface area contributed by atoms with Crippen LogP contribution in [-0.2, 0) is 0 Å². The van der Waals surface area contributed by atoms with Crippen LogP contribution >= 0.6 is 23.4 Å². The van der Waals surface area contributed by atoms with E-state index in [1.54, 1.807) is 24.3 Å². The molecule has 0 aromatic heterocycles. The summed E-state index contributed by atoms with van der Waals surface area (Å²) in [6, 6.07) is 18.8. The van der Waals surface area contributed by atoms with E-state index in [9.17, 15) is 9.18 Å². The zero-order valence-electron chi connectivity index (χ0n) is 14.4. The van der Waals surface area contributed by atoms with Crippen molar-refractivity contribution in [1.82, 2.24) is 0 Å². The zero-order chi connectivity index (χ0) is 18.7. The molecule has 5 heteroatoms. The molecule has 132 valence electrons. The summed E-state index contributed by atoms with van der Waals surface area (Å²) in [6.45, 7) is 0. The van der Waals surface area contributed by atoms with Crippen LogP contribution in [0.5, 0.6) is 0 Å². The Kier molecular flexibility index (Phi) is 5.64. The van der Waals surface area contributed by atoms with Crippen LogP contribution in [0.4, 0.5) is 10.1 Å². The van der Waals surface area contributed by atoms with Gasteiger partial charge in [-0.2, -0.15) is 0 Å². The normalized spacial score (nSPS) is 10.6. The molecule has 0 bridgehead atoms. The number of carbonyl (C=O) groups excluding carboxylic acids is 1. The molecule has 0 saturated heterocycles. The van der Waals surface area contributed by atoms with E-state index < -0.39 is 0 Å². The van der Waals surface area contributed by atoms with Crippen LogP contribution < -0.4 is 4.90 Å². The van der Waals surface area contributed by atoms with Gasteiger partial charge in [0.1, 0.15) is 5.82 Å². The Bertz CT molecular complexity index is 924. The molecule has 3 aromatic carbocycles. The summed E-state index contributed by atoms with van der Waals surface area (Å²) < 4.78 is 13.8. The van der Waals surface area contributed by atoms with Gasteiger partial charge in [-0.15, -0.1) is 0 Å². The fraction of sp³-hybridized carbons (Fsp3) is 0.0952. The second kappa shape index (κ2) is 7.94. The summed E-state index contributed by atoms with van der Waals surface area (Å²) >= 11 is 7.25. The maximum Gasteiger partial charge on any atom is 0.194 e. The Morgan fingerprint density at radius 1 is 0.962 bits per heavy atom. The van der Waals surface area contributed by atoms with Crippen molar-refractivity contribution < 1.29 is 9.18 Å². The van der Waals surface area contributed by atoms with Gasteiger partial charge in [-0.25, -0.2) is 4.39 Å². The molecule has 0 radical (unpaired) electrons. The fourth-order valence-corrected chi connectivity index (χ4v) is 3.56.